The fourth-order valence-electron chi connectivity index (χ4n) is 4.15. The van der Waals surface area contributed by atoms with Crippen LogP contribution in [0, 0.1) is 0 Å². The van der Waals surface area contributed by atoms with Crippen LogP contribution in [0.25, 0.3) is 0 Å². The number of benzene rings is 3. The molecule has 0 aliphatic heterocycles. The van der Waals surface area contributed by atoms with Crippen LogP contribution >= 0.6 is 23.2 Å². The molecule has 40 heavy (non-hydrogen) atoms. The number of hydrogen-bond acceptors (Lipinski definition) is 5. The van der Waals surface area contributed by atoms with Gasteiger partial charge in [-0.2, -0.15) is 0 Å². The third-order valence-corrected chi connectivity index (χ3v) is 7.81. The van der Waals surface area contributed by atoms with Gasteiger partial charge in [0.1, 0.15) is 18.3 Å². The Morgan fingerprint density at radius 2 is 1.68 bits per heavy atom. The molecule has 0 unspecified atom stereocenters. The van der Waals surface area contributed by atoms with Crippen LogP contribution in [0.2, 0.25) is 10.0 Å². The van der Waals surface area contributed by atoms with Gasteiger partial charge in [0, 0.05) is 35.1 Å². The molecule has 8 nitrogen and oxygen atoms in total. The first kappa shape index (κ1) is 31.3. The van der Waals surface area contributed by atoms with Crippen LogP contribution in [0.4, 0.5) is 5.69 Å². The number of ether oxygens (including phenoxy) is 1. The molecule has 0 fully saturated rings. The summed E-state index contributed by atoms with van der Waals surface area (Å²) in [4.78, 5) is 29.0. The van der Waals surface area contributed by atoms with E-state index in [0.717, 1.165) is 16.1 Å². The number of sulfonamides is 1. The number of carbonyl (C=O) groups is 2. The Labute approximate surface area is 245 Å². The molecule has 2 amide bonds. The predicted octanol–water partition coefficient (Wildman–Crippen LogP) is 4.93. The van der Waals surface area contributed by atoms with E-state index in [1.807, 2.05) is 44.2 Å². The van der Waals surface area contributed by atoms with Crippen LogP contribution in [0.3, 0.4) is 0 Å². The third kappa shape index (κ3) is 8.61. The summed E-state index contributed by atoms with van der Waals surface area (Å²) in [5.41, 5.74) is 1.65. The number of amides is 2. The van der Waals surface area contributed by atoms with Gasteiger partial charge < -0.3 is 15.0 Å². The van der Waals surface area contributed by atoms with Crippen molar-refractivity contribution in [2.75, 3.05) is 24.2 Å². The first-order valence-electron chi connectivity index (χ1n) is 12.6. The number of anilines is 1. The smallest absolute Gasteiger partial charge is 0.244 e. The van der Waals surface area contributed by atoms with Crippen molar-refractivity contribution in [3.8, 4) is 5.75 Å². The molecule has 0 spiro atoms. The largest absolute Gasteiger partial charge is 0.497 e. The lowest BCUT2D eigenvalue weighted by Gasteiger charge is -2.34. The van der Waals surface area contributed by atoms with Crippen molar-refractivity contribution in [1.82, 2.24) is 10.2 Å². The van der Waals surface area contributed by atoms with E-state index in [-0.39, 0.29) is 30.6 Å². The molecule has 0 saturated carbocycles. The van der Waals surface area contributed by atoms with Gasteiger partial charge in [-0.3, -0.25) is 13.9 Å². The maximum absolute atomic E-state index is 14.1. The molecule has 0 saturated heterocycles. The van der Waals surface area contributed by atoms with Gasteiger partial charge >= 0.3 is 0 Å². The van der Waals surface area contributed by atoms with E-state index in [1.165, 1.54) is 18.1 Å². The normalized spacial score (nSPS) is 12.1. The van der Waals surface area contributed by atoms with Crippen LogP contribution in [-0.4, -0.2) is 57.1 Å². The molecule has 3 aromatic rings. The number of nitrogens with zero attached hydrogens (tertiary/aromatic N) is 2. The van der Waals surface area contributed by atoms with E-state index in [2.05, 4.69) is 5.32 Å². The Morgan fingerprint density at radius 3 is 2.27 bits per heavy atom. The molecular weight excluding hydrogens is 573 g/mol. The van der Waals surface area contributed by atoms with Crippen LogP contribution in [0.15, 0.2) is 72.8 Å². The number of methoxy groups -OCH3 is 1. The zero-order valence-electron chi connectivity index (χ0n) is 22.8. The van der Waals surface area contributed by atoms with Crippen molar-refractivity contribution in [1.29, 1.82) is 0 Å². The van der Waals surface area contributed by atoms with Crippen molar-refractivity contribution in [2.24, 2.45) is 0 Å². The highest BCUT2D eigenvalue weighted by Gasteiger charge is 2.33. The molecule has 3 rings (SSSR count). The van der Waals surface area contributed by atoms with Gasteiger partial charge in [0.15, 0.2) is 0 Å². The van der Waals surface area contributed by atoms with Crippen LogP contribution in [0.1, 0.15) is 25.0 Å². The standard InChI is InChI=1S/C29H33Cl2N3O5S/c1-20(2)32-29(36)27(15-21-9-6-5-7-10-21)33(18-22-13-14-23(30)16-26(22)31)28(35)19-34(40(4,37)38)24-11-8-12-25(17-24)39-3/h5-14,16-17,20,27H,15,18-19H2,1-4H3,(H,32,36)/t27-/m1/s1. The second-order valence-electron chi connectivity index (χ2n) is 9.60. The minimum absolute atomic E-state index is 0.0481. The Bertz CT molecular complexity index is 1430. The molecule has 0 aliphatic carbocycles. The summed E-state index contributed by atoms with van der Waals surface area (Å²) in [5.74, 6) is -0.523. The molecule has 0 aromatic heterocycles. The summed E-state index contributed by atoms with van der Waals surface area (Å²) in [6.07, 6.45) is 1.22. The number of nitrogens with one attached hydrogen (secondary N) is 1. The molecule has 0 aliphatic rings. The van der Waals surface area contributed by atoms with Crippen molar-refractivity contribution in [3.63, 3.8) is 0 Å². The molecule has 214 valence electrons. The van der Waals surface area contributed by atoms with Crippen LogP contribution in [-0.2, 0) is 32.6 Å². The van der Waals surface area contributed by atoms with E-state index < -0.39 is 28.5 Å². The van der Waals surface area contributed by atoms with Crippen LogP contribution in [0.5, 0.6) is 5.75 Å². The molecule has 0 heterocycles. The van der Waals surface area contributed by atoms with Gasteiger partial charge in [0.25, 0.3) is 0 Å². The molecule has 1 N–H and O–H groups in total. The predicted molar refractivity (Wildman–Crippen MR) is 159 cm³/mol. The minimum Gasteiger partial charge on any atom is -0.497 e. The lowest BCUT2D eigenvalue weighted by atomic mass is 10.0. The summed E-state index contributed by atoms with van der Waals surface area (Å²) in [5, 5.41) is 3.65. The Kier molecular flexibility index (Phi) is 10.8. The zero-order valence-corrected chi connectivity index (χ0v) is 25.1. The molecular formula is C29H33Cl2N3O5S. The second-order valence-corrected chi connectivity index (χ2v) is 12.3. The van der Waals surface area contributed by atoms with E-state index in [1.54, 1.807) is 36.4 Å². The van der Waals surface area contributed by atoms with E-state index in [4.69, 9.17) is 27.9 Å². The van der Waals surface area contributed by atoms with Crippen molar-refractivity contribution >= 4 is 50.7 Å². The maximum Gasteiger partial charge on any atom is 0.244 e. The van der Waals surface area contributed by atoms with E-state index in [9.17, 15) is 18.0 Å². The van der Waals surface area contributed by atoms with Crippen LogP contribution < -0.4 is 14.4 Å². The Balaban J connectivity index is 2.09. The minimum atomic E-state index is -3.90. The molecule has 11 heteroatoms. The van der Waals surface area contributed by atoms with E-state index >= 15 is 0 Å². The maximum atomic E-state index is 14.1. The monoisotopic (exact) mass is 605 g/mol. The molecule has 0 radical (unpaired) electrons. The molecule has 1 atom stereocenters. The highest BCUT2D eigenvalue weighted by atomic mass is 35.5. The summed E-state index contributed by atoms with van der Waals surface area (Å²) >= 11 is 12.6. The fourth-order valence-corrected chi connectivity index (χ4v) is 5.46. The van der Waals surface area contributed by atoms with Crippen molar-refractivity contribution < 1.29 is 22.7 Å². The van der Waals surface area contributed by atoms with Gasteiger partial charge in [-0.15, -0.1) is 0 Å². The quantitative estimate of drug-likeness (QED) is 0.316. The van der Waals surface area contributed by atoms with E-state index in [0.29, 0.717) is 21.4 Å². The number of carbonyl (C=O) groups excluding carboxylic acids is 2. The Morgan fingerprint density at radius 1 is 0.975 bits per heavy atom. The average molecular weight is 607 g/mol. The summed E-state index contributed by atoms with van der Waals surface area (Å²) in [7, 11) is -2.43. The highest BCUT2D eigenvalue weighted by molar-refractivity contribution is 7.92. The van der Waals surface area contributed by atoms with Crippen molar-refractivity contribution in [2.45, 2.75) is 38.9 Å². The molecule has 0 bridgehead atoms. The van der Waals surface area contributed by atoms with Gasteiger partial charge in [-0.25, -0.2) is 8.42 Å². The topological polar surface area (TPSA) is 96.0 Å². The lowest BCUT2D eigenvalue weighted by Crippen LogP contribution is -2.54. The fraction of sp³-hybridized carbons (Fsp3) is 0.310. The zero-order chi connectivity index (χ0) is 29.4. The first-order valence-corrected chi connectivity index (χ1v) is 15.2. The second kappa shape index (κ2) is 13.9. The summed E-state index contributed by atoms with van der Waals surface area (Å²) in [6.45, 7) is 3.06. The van der Waals surface area contributed by atoms with Gasteiger partial charge in [-0.1, -0.05) is 65.7 Å². The van der Waals surface area contributed by atoms with Gasteiger partial charge in [-0.05, 0) is 49.2 Å². The Hall–Kier alpha value is -3.27. The van der Waals surface area contributed by atoms with Crippen molar-refractivity contribution in [3.05, 3.63) is 94.0 Å². The number of halogens is 2. The van der Waals surface area contributed by atoms with Gasteiger partial charge in [0.2, 0.25) is 21.8 Å². The summed E-state index contributed by atoms with van der Waals surface area (Å²) < 4.78 is 32.0. The third-order valence-electron chi connectivity index (χ3n) is 6.08. The first-order chi connectivity index (χ1) is 18.9. The van der Waals surface area contributed by atoms with Gasteiger partial charge in [0.05, 0.1) is 19.1 Å². The molecule has 3 aromatic carbocycles. The summed E-state index contributed by atoms with van der Waals surface area (Å²) in [6, 6.07) is 19.4. The number of rotatable bonds is 12. The SMILES string of the molecule is COc1cccc(N(CC(=O)N(Cc2ccc(Cl)cc2Cl)[C@H](Cc2ccccc2)C(=O)NC(C)C)S(C)(=O)=O)c1. The number of hydrogen-bond donors (Lipinski definition) is 1. The lowest BCUT2D eigenvalue weighted by molar-refractivity contribution is -0.140. The highest BCUT2D eigenvalue weighted by Crippen LogP contribution is 2.26. The average Bonchev–Trinajstić information content (AvgIpc) is 2.89.